The molecule has 2 aromatic heterocycles. The maximum absolute atomic E-state index is 12.3. The standard InChI is InChI=1S/C16H19ClN4O3/c1-9-7-12-14(10(2)24-9)20-21-15(12)16(22)18-5-6-23-13-4-3-11(17)8-19-13/h3-4,8-10H,5-7H2,1-2H3,(H,18,22)(H,20,21)/t9-,10+/m1/s1. The van der Waals surface area contributed by atoms with Crippen LogP contribution in [-0.2, 0) is 11.2 Å². The number of carbonyl (C=O) groups is 1. The third kappa shape index (κ3) is 3.68. The van der Waals surface area contributed by atoms with E-state index in [1.165, 1.54) is 6.20 Å². The number of nitrogens with one attached hydrogen (secondary N) is 2. The molecule has 0 spiro atoms. The Labute approximate surface area is 144 Å². The summed E-state index contributed by atoms with van der Waals surface area (Å²) >= 11 is 5.76. The number of pyridine rings is 1. The summed E-state index contributed by atoms with van der Waals surface area (Å²) in [5.74, 6) is 0.243. The molecule has 2 aromatic rings. The second-order valence-corrected chi connectivity index (χ2v) is 6.11. The Morgan fingerprint density at radius 2 is 2.33 bits per heavy atom. The highest BCUT2D eigenvalue weighted by Gasteiger charge is 2.29. The van der Waals surface area contributed by atoms with E-state index in [9.17, 15) is 4.79 Å². The van der Waals surface area contributed by atoms with Crippen molar-refractivity contribution in [3.8, 4) is 5.88 Å². The molecule has 0 bridgehead atoms. The van der Waals surface area contributed by atoms with Gasteiger partial charge in [0, 0.05) is 24.2 Å². The summed E-state index contributed by atoms with van der Waals surface area (Å²) in [6, 6.07) is 3.37. The summed E-state index contributed by atoms with van der Waals surface area (Å²) in [5.41, 5.74) is 2.23. The molecule has 0 aromatic carbocycles. The van der Waals surface area contributed by atoms with Gasteiger partial charge < -0.3 is 14.8 Å². The van der Waals surface area contributed by atoms with Gasteiger partial charge in [-0.3, -0.25) is 9.89 Å². The Morgan fingerprint density at radius 1 is 1.50 bits per heavy atom. The predicted octanol–water partition coefficient (Wildman–Crippen LogP) is 2.29. The van der Waals surface area contributed by atoms with Gasteiger partial charge in [0.1, 0.15) is 6.61 Å². The van der Waals surface area contributed by atoms with Crippen molar-refractivity contribution in [2.24, 2.45) is 0 Å². The van der Waals surface area contributed by atoms with Crippen LogP contribution in [0.3, 0.4) is 0 Å². The van der Waals surface area contributed by atoms with Crippen molar-refractivity contribution in [2.45, 2.75) is 32.5 Å². The van der Waals surface area contributed by atoms with E-state index >= 15 is 0 Å². The molecule has 3 heterocycles. The van der Waals surface area contributed by atoms with Crippen LogP contribution in [0.5, 0.6) is 5.88 Å². The molecular weight excluding hydrogens is 332 g/mol. The van der Waals surface area contributed by atoms with E-state index in [0.717, 1.165) is 11.3 Å². The van der Waals surface area contributed by atoms with E-state index in [2.05, 4.69) is 20.5 Å². The zero-order chi connectivity index (χ0) is 17.1. The van der Waals surface area contributed by atoms with Crippen molar-refractivity contribution >= 4 is 17.5 Å². The van der Waals surface area contributed by atoms with Crippen LogP contribution in [0.15, 0.2) is 18.3 Å². The summed E-state index contributed by atoms with van der Waals surface area (Å²) in [5, 5.41) is 10.4. The van der Waals surface area contributed by atoms with Gasteiger partial charge in [-0.1, -0.05) is 11.6 Å². The third-order valence-electron chi connectivity index (χ3n) is 3.79. The maximum Gasteiger partial charge on any atom is 0.272 e. The Kier molecular flexibility index (Phi) is 5.01. The molecule has 1 aliphatic rings. The van der Waals surface area contributed by atoms with Crippen molar-refractivity contribution in [1.29, 1.82) is 0 Å². The Morgan fingerprint density at radius 3 is 3.08 bits per heavy atom. The highest BCUT2D eigenvalue weighted by molar-refractivity contribution is 6.30. The molecule has 1 amide bonds. The summed E-state index contributed by atoms with van der Waals surface area (Å²) in [6.45, 7) is 4.59. The molecule has 128 valence electrons. The van der Waals surface area contributed by atoms with E-state index in [4.69, 9.17) is 21.1 Å². The fraction of sp³-hybridized carbons (Fsp3) is 0.438. The number of amides is 1. The zero-order valence-electron chi connectivity index (χ0n) is 13.5. The van der Waals surface area contributed by atoms with Crippen molar-refractivity contribution in [3.05, 3.63) is 40.3 Å². The lowest BCUT2D eigenvalue weighted by Gasteiger charge is -2.25. The van der Waals surface area contributed by atoms with Crippen LogP contribution in [0.2, 0.25) is 5.02 Å². The lowest BCUT2D eigenvalue weighted by atomic mass is 9.99. The van der Waals surface area contributed by atoms with Crippen molar-refractivity contribution in [1.82, 2.24) is 20.5 Å². The molecule has 0 fully saturated rings. The smallest absolute Gasteiger partial charge is 0.272 e. The number of rotatable bonds is 5. The number of nitrogens with zero attached hydrogens (tertiary/aromatic N) is 2. The van der Waals surface area contributed by atoms with Gasteiger partial charge in [0.25, 0.3) is 5.91 Å². The highest BCUT2D eigenvalue weighted by atomic mass is 35.5. The number of fused-ring (bicyclic) bond motifs is 1. The first-order valence-corrected chi connectivity index (χ1v) is 8.17. The normalized spacial score (nSPS) is 19.6. The predicted molar refractivity (Wildman–Crippen MR) is 88.3 cm³/mol. The van der Waals surface area contributed by atoms with E-state index in [0.29, 0.717) is 36.2 Å². The number of hydrogen-bond donors (Lipinski definition) is 2. The average Bonchev–Trinajstić information content (AvgIpc) is 2.97. The first-order chi connectivity index (χ1) is 11.5. The molecule has 0 radical (unpaired) electrons. The van der Waals surface area contributed by atoms with Gasteiger partial charge in [0.2, 0.25) is 5.88 Å². The quantitative estimate of drug-likeness (QED) is 0.807. The van der Waals surface area contributed by atoms with Crippen LogP contribution >= 0.6 is 11.6 Å². The number of H-pyrrole nitrogens is 1. The van der Waals surface area contributed by atoms with Crippen LogP contribution in [0.4, 0.5) is 0 Å². The SMILES string of the molecule is C[C@@H]1Cc2c(C(=O)NCCOc3ccc(Cl)cn3)n[nH]c2[C@H](C)O1. The van der Waals surface area contributed by atoms with E-state index in [1.807, 2.05) is 13.8 Å². The zero-order valence-corrected chi connectivity index (χ0v) is 14.3. The van der Waals surface area contributed by atoms with Crippen molar-refractivity contribution in [2.75, 3.05) is 13.2 Å². The molecule has 24 heavy (non-hydrogen) atoms. The van der Waals surface area contributed by atoms with Crippen LogP contribution in [-0.4, -0.2) is 40.3 Å². The molecule has 8 heteroatoms. The Balaban J connectivity index is 1.53. The van der Waals surface area contributed by atoms with Gasteiger partial charge in [-0.25, -0.2) is 4.98 Å². The third-order valence-corrected chi connectivity index (χ3v) is 4.01. The number of halogens is 1. The van der Waals surface area contributed by atoms with Gasteiger partial charge in [0.15, 0.2) is 5.69 Å². The summed E-state index contributed by atoms with van der Waals surface area (Å²) in [4.78, 5) is 16.3. The second kappa shape index (κ2) is 7.19. The number of ether oxygens (including phenoxy) is 2. The Hall–Kier alpha value is -2.12. The van der Waals surface area contributed by atoms with Crippen LogP contribution in [0, 0.1) is 0 Å². The molecule has 0 saturated heterocycles. The molecule has 3 rings (SSSR count). The summed E-state index contributed by atoms with van der Waals surface area (Å²) in [6.07, 6.45) is 2.16. The van der Waals surface area contributed by atoms with Gasteiger partial charge in [-0.05, 0) is 19.9 Å². The molecule has 2 N–H and O–H groups in total. The molecule has 2 atom stereocenters. The molecule has 0 saturated carbocycles. The molecule has 0 aliphatic carbocycles. The minimum absolute atomic E-state index is 0.0657. The molecule has 1 aliphatic heterocycles. The molecule has 0 unspecified atom stereocenters. The first kappa shape index (κ1) is 16.7. The first-order valence-electron chi connectivity index (χ1n) is 7.79. The monoisotopic (exact) mass is 350 g/mol. The van der Waals surface area contributed by atoms with Crippen LogP contribution in [0.25, 0.3) is 0 Å². The Bertz CT molecular complexity index is 717. The van der Waals surface area contributed by atoms with E-state index in [-0.39, 0.29) is 18.1 Å². The fourth-order valence-electron chi connectivity index (χ4n) is 2.71. The number of hydrogen-bond acceptors (Lipinski definition) is 5. The highest BCUT2D eigenvalue weighted by Crippen LogP contribution is 2.29. The average molecular weight is 351 g/mol. The van der Waals surface area contributed by atoms with E-state index < -0.39 is 0 Å². The van der Waals surface area contributed by atoms with Gasteiger partial charge >= 0.3 is 0 Å². The van der Waals surface area contributed by atoms with Crippen molar-refractivity contribution < 1.29 is 14.3 Å². The number of carbonyl (C=O) groups excluding carboxylic acids is 1. The summed E-state index contributed by atoms with van der Waals surface area (Å²) < 4.78 is 11.2. The molecule has 7 nitrogen and oxygen atoms in total. The lowest BCUT2D eigenvalue weighted by molar-refractivity contribution is -0.00697. The van der Waals surface area contributed by atoms with Gasteiger partial charge in [0.05, 0.1) is 29.5 Å². The van der Waals surface area contributed by atoms with Gasteiger partial charge in [-0.15, -0.1) is 0 Å². The molecular formula is C16H19ClN4O3. The lowest BCUT2D eigenvalue weighted by Crippen LogP contribution is -2.30. The van der Waals surface area contributed by atoms with Crippen LogP contribution in [0.1, 0.15) is 41.7 Å². The van der Waals surface area contributed by atoms with Crippen LogP contribution < -0.4 is 10.1 Å². The van der Waals surface area contributed by atoms with Gasteiger partial charge in [-0.2, -0.15) is 5.10 Å². The van der Waals surface area contributed by atoms with Crippen molar-refractivity contribution in [3.63, 3.8) is 0 Å². The largest absolute Gasteiger partial charge is 0.476 e. The topological polar surface area (TPSA) is 89.1 Å². The fourth-order valence-corrected chi connectivity index (χ4v) is 2.82. The number of aromatic amines is 1. The minimum atomic E-state index is -0.221. The second-order valence-electron chi connectivity index (χ2n) is 5.68. The van der Waals surface area contributed by atoms with E-state index in [1.54, 1.807) is 12.1 Å². The minimum Gasteiger partial charge on any atom is -0.476 e. The number of aromatic nitrogens is 3. The summed E-state index contributed by atoms with van der Waals surface area (Å²) in [7, 11) is 0. The maximum atomic E-state index is 12.3.